The molecule has 0 radical (unpaired) electrons. The third-order valence-electron chi connectivity index (χ3n) is 6.82. The summed E-state index contributed by atoms with van der Waals surface area (Å²) < 4.78 is 11.5. The fourth-order valence-corrected chi connectivity index (χ4v) is 4.86. The van der Waals surface area contributed by atoms with Crippen LogP contribution in [-0.4, -0.2) is 19.7 Å². The molecule has 4 aromatic rings. The third kappa shape index (κ3) is 9.65. The minimum absolute atomic E-state index is 0. The van der Waals surface area contributed by atoms with Crippen LogP contribution in [0.3, 0.4) is 0 Å². The van der Waals surface area contributed by atoms with E-state index in [0.29, 0.717) is 0 Å². The van der Waals surface area contributed by atoms with E-state index < -0.39 is 0 Å². The second-order valence-electron chi connectivity index (χ2n) is 12.5. The summed E-state index contributed by atoms with van der Waals surface area (Å²) in [5, 5.41) is 2.37. The quantitative estimate of drug-likeness (QED) is 0.240. The summed E-state index contributed by atoms with van der Waals surface area (Å²) in [6, 6.07) is 23.6. The van der Waals surface area contributed by atoms with Crippen LogP contribution in [0.15, 0.2) is 66.7 Å². The van der Waals surface area contributed by atoms with Crippen molar-refractivity contribution >= 4 is 22.3 Å². The first-order valence-corrected chi connectivity index (χ1v) is 20.1. The van der Waals surface area contributed by atoms with Gasteiger partial charge in [0.2, 0.25) is 0 Å². The Hall–Kier alpha value is -1.71. The van der Waals surface area contributed by atoms with Crippen molar-refractivity contribution in [3.8, 4) is 22.6 Å². The van der Waals surface area contributed by atoms with Gasteiger partial charge in [0, 0.05) is 16.9 Å². The van der Waals surface area contributed by atoms with Gasteiger partial charge in [-0.25, -0.2) is 6.08 Å². The van der Waals surface area contributed by atoms with Crippen LogP contribution in [0.25, 0.3) is 28.0 Å². The van der Waals surface area contributed by atoms with Gasteiger partial charge in [0.25, 0.3) is 0 Å². The fraction of sp³-hybridized carbons (Fsp3) is 0.361. The summed E-state index contributed by atoms with van der Waals surface area (Å²) in [6.45, 7) is 18.1. The number of allylic oxidation sites excluding steroid dienone is 1. The van der Waals surface area contributed by atoms with Crippen molar-refractivity contribution in [3.05, 3.63) is 95.1 Å². The molecule has 0 aromatic heterocycles. The number of hydrogen-bond acceptors (Lipinski definition) is 2. The van der Waals surface area contributed by atoms with Crippen LogP contribution in [0, 0.1) is 6.08 Å². The minimum atomic E-state index is -0.0149. The molecule has 0 aliphatic heterocycles. The molecule has 0 bridgehead atoms. The smallest absolute Gasteiger partial charge is 0.0650 e. The molecule has 224 valence electrons. The van der Waals surface area contributed by atoms with Crippen LogP contribution in [0.2, 0.25) is 13.1 Å². The molecule has 0 unspecified atom stereocenters. The van der Waals surface area contributed by atoms with E-state index in [1.165, 1.54) is 38.8 Å². The molecule has 5 rings (SSSR count). The van der Waals surface area contributed by atoms with Crippen LogP contribution in [-0.2, 0) is 40.6 Å². The van der Waals surface area contributed by atoms with Crippen molar-refractivity contribution < 1.29 is 57.6 Å². The van der Waals surface area contributed by atoms with E-state index in [2.05, 4.69) is 134 Å². The number of ether oxygens (including phenoxy) is 2. The molecular weight excluding hydrogens is 655 g/mol. The van der Waals surface area contributed by atoms with Gasteiger partial charge in [-0.3, -0.25) is 6.08 Å². The molecule has 0 heterocycles. The van der Waals surface area contributed by atoms with Gasteiger partial charge in [-0.2, -0.15) is 17.7 Å². The number of fused-ring (bicyclic) bond motifs is 2. The Morgan fingerprint density at radius 3 is 1.90 bits per heavy atom. The SMILES string of the molecule is COc1c(C(C)(C)C)cc(-c2ccc(OC)c3[cH-]ccc23)cc1C(C)(C)C.C[Si](C)=[Zr+2].[C-]1=Cc2ccccc2C1.[Cl-].[Cl-]. The average Bonchev–Trinajstić information content (AvgIpc) is 3.56. The van der Waals surface area contributed by atoms with E-state index in [9.17, 15) is 0 Å². The Bertz CT molecular complexity index is 1470. The van der Waals surface area contributed by atoms with Crippen molar-refractivity contribution in [1.29, 1.82) is 0 Å². The van der Waals surface area contributed by atoms with Gasteiger partial charge >= 0.3 is 41.9 Å². The number of methoxy groups -OCH3 is 2. The molecule has 0 amide bonds. The van der Waals surface area contributed by atoms with E-state index in [-0.39, 0.29) is 41.1 Å². The molecule has 6 heteroatoms. The zero-order valence-electron chi connectivity index (χ0n) is 26.7. The number of hydrogen-bond donors (Lipinski definition) is 0. The molecule has 0 saturated carbocycles. The predicted octanol–water partition coefficient (Wildman–Crippen LogP) is 3.69. The van der Waals surface area contributed by atoms with Crippen molar-refractivity contribution in [2.24, 2.45) is 0 Å². The van der Waals surface area contributed by atoms with E-state index in [0.717, 1.165) is 23.3 Å². The average molecular weight is 699 g/mol. The van der Waals surface area contributed by atoms with Gasteiger partial charge in [0.05, 0.1) is 14.2 Å². The summed E-state index contributed by atoms with van der Waals surface area (Å²) in [6.07, 6.45) is 6.21. The zero-order valence-corrected chi connectivity index (χ0v) is 31.7. The molecule has 4 aromatic carbocycles. The first kappa shape index (κ1) is 38.3. The summed E-state index contributed by atoms with van der Waals surface area (Å²) in [4.78, 5) is 0. The fourth-order valence-electron chi connectivity index (χ4n) is 4.86. The molecule has 1 aliphatic rings. The van der Waals surface area contributed by atoms with Crippen LogP contribution < -0.4 is 34.3 Å². The van der Waals surface area contributed by atoms with Crippen molar-refractivity contribution in [3.63, 3.8) is 0 Å². The van der Waals surface area contributed by atoms with E-state index in [1.807, 2.05) is 0 Å². The summed E-state index contributed by atoms with van der Waals surface area (Å²) in [7, 11) is 3.51. The van der Waals surface area contributed by atoms with Crippen LogP contribution in [0.1, 0.15) is 63.8 Å². The maximum atomic E-state index is 5.91. The molecule has 42 heavy (non-hydrogen) atoms. The van der Waals surface area contributed by atoms with Crippen molar-refractivity contribution in [1.82, 2.24) is 0 Å². The van der Waals surface area contributed by atoms with Crippen LogP contribution >= 0.6 is 0 Å². The molecule has 1 aliphatic carbocycles. The largest absolute Gasteiger partial charge is 1.00 e. The van der Waals surface area contributed by atoms with Gasteiger partial charge in [-0.05, 0) is 28.5 Å². The zero-order chi connectivity index (χ0) is 29.7. The van der Waals surface area contributed by atoms with Gasteiger partial charge in [-0.1, -0.05) is 77.4 Å². The molecular formula is C36H44Cl2O2SiZr-2. The monoisotopic (exact) mass is 696 g/mol. The Morgan fingerprint density at radius 2 is 1.40 bits per heavy atom. The Morgan fingerprint density at radius 1 is 0.833 bits per heavy atom. The Kier molecular flexibility index (Phi) is 14.9. The standard InChI is InChI=1S/C25H31O2.C9H7.C2H6Si.2ClH.Zr/c1-24(2,3)20-14-16(15-21(23(20)27-8)25(4,5)6)17-12-13-22(26-7)19-11-9-10-18(17)19;1-2-5-9-7-3-6-8(9)4-1;1-3-2;;;/h9-15H,1-8H3;1-2,4-6H,7H2;1-2H3;2*1H;/q2*-1;;;;+2/p-2. The first-order chi connectivity index (χ1) is 18.8. The number of benzene rings is 3. The molecule has 2 nitrogen and oxygen atoms in total. The van der Waals surface area contributed by atoms with Crippen LogP contribution in [0.5, 0.6) is 11.5 Å². The number of halogens is 2. The van der Waals surface area contributed by atoms with E-state index >= 15 is 0 Å². The molecule has 0 atom stereocenters. The maximum Gasteiger partial charge on any atom is -0.0650 e. The van der Waals surface area contributed by atoms with Gasteiger partial charge in [-0.15, -0.1) is 34.9 Å². The molecule has 0 fully saturated rings. The van der Waals surface area contributed by atoms with Gasteiger partial charge in [0.1, 0.15) is 5.75 Å². The number of rotatable bonds is 3. The Balaban J connectivity index is 0.000000486. The molecule has 0 saturated heterocycles. The normalized spacial score (nSPS) is 11.6. The summed E-state index contributed by atoms with van der Waals surface area (Å²) >= 11 is 1.74. The first-order valence-electron chi connectivity index (χ1n) is 13.9. The van der Waals surface area contributed by atoms with Crippen molar-refractivity contribution in [2.45, 2.75) is 71.9 Å². The van der Waals surface area contributed by atoms with Gasteiger partial charge < -0.3 is 34.3 Å². The van der Waals surface area contributed by atoms with Crippen LogP contribution in [0.4, 0.5) is 0 Å². The Labute approximate surface area is 281 Å². The third-order valence-corrected chi connectivity index (χ3v) is 6.82. The van der Waals surface area contributed by atoms with E-state index in [1.54, 1.807) is 37.6 Å². The maximum absolute atomic E-state index is 5.91. The second kappa shape index (κ2) is 16.4. The molecule has 0 N–H and O–H groups in total. The second-order valence-corrected chi connectivity index (χ2v) is 21.9. The molecule has 0 spiro atoms. The summed E-state index contributed by atoms with van der Waals surface area (Å²) in [5.74, 6) is 1.92. The topological polar surface area (TPSA) is 18.5 Å². The minimum Gasteiger partial charge on any atom is -1.00 e. The predicted molar refractivity (Wildman–Crippen MR) is 171 cm³/mol. The van der Waals surface area contributed by atoms with Crippen molar-refractivity contribution in [2.75, 3.05) is 14.2 Å². The van der Waals surface area contributed by atoms with E-state index in [4.69, 9.17) is 9.47 Å². The summed E-state index contributed by atoms with van der Waals surface area (Å²) in [5.41, 5.74) is 7.85. The van der Waals surface area contributed by atoms with Gasteiger partial charge in [0.15, 0.2) is 0 Å².